The van der Waals surface area contributed by atoms with Crippen molar-refractivity contribution in [2.24, 2.45) is 0 Å². The van der Waals surface area contributed by atoms with Crippen LogP contribution < -0.4 is 0 Å². The van der Waals surface area contributed by atoms with Crippen molar-refractivity contribution in [3.05, 3.63) is 12.2 Å². The molecule has 2 aliphatic rings. The first-order chi connectivity index (χ1) is 6.11. The minimum absolute atomic E-state index is 0.112. The van der Waals surface area contributed by atoms with E-state index in [0.717, 1.165) is 6.42 Å². The highest BCUT2D eigenvalue weighted by atomic mass is 16.8. The summed E-state index contributed by atoms with van der Waals surface area (Å²) in [6.45, 7) is 3.89. The van der Waals surface area contributed by atoms with Crippen LogP contribution in [-0.4, -0.2) is 31.2 Å². The molecule has 3 nitrogen and oxygen atoms in total. The van der Waals surface area contributed by atoms with Crippen molar-refractivity contribution in [1.82, 2.24) is 0 Å². The first kappa shape index (κ1) is 9.19. The molecule has 1 aliphatic heterocycles. The lowest BCUT2D eigenvalue weighted by molar-refractivity contribution is -0.144. The smallest absolute Gasteiger partial charge is 0.164 e. The largest absolute Gasteiger partial charge is 0.377 e. The molecular formula is C10H16O3. The van der Waals surface area contributed by atoms with Crippen molar-refractivity contribution in [1.29, 1.82) is 0 Å². The van der Waals surface area contributed by atoms with Gasteiger partial charge in [0.15, 0.2) is 5.79 Å². The minimum atomic E-state index is -0.442. The second-order valence-electron chi connectivity index (χ2n) is 4.03. The van der Waals surface area contributed by atoms with Crippen LogP contribution in [0.5, 0.6) is 0 Å². The van der Waals surface area contributed by atoms with Crippen LogP contribution in [0.3, 0.4) is 0 Å². The van der Waals surface area contributed by atoms with Crippen molar-refractivity contribution < 1.29 is 14.2 Å². The van der Waals surface area contributed by atoms with Gasteiger partial charge >= 0.3 is 0 Å². The third-order valence-corrected chi connectivity index (χ3v) is 2.50. The molecule has 0 spiro atoms. The van der Waals surface area contributed by atoms with Crippen LogP contribution in [0.4, 0.5) is 0 Å². The normalized spacial score (nSPS) is 41.9. The molecule has 1 saturated heterocycles. The molecular weight excluding hydrogens is 168 g/mol. The van der Waals surface area contributed by atoms with Gasteiger partial charge in [-0.15, -0.1) is 0 Å². The van der Waals surface area contributed by atoms with Crippen molar-refractivity contribution in [3.8, 4) is 0 Å². The van der Waals surface area contributed by atoms with Gasteiger partial charge < -0.3 is 14.2 Å². The minimum Gasteiger partial charge on any atom is -0.377 e. The molecule has 0 unspecified atom stereocenters. The Kier molecular flexibility index (Phi) is 2.18. The number of ether oxygens (including phenoxy) is 3. The van der Waals surface area contributed by atoms with Crippen LogP contribution in [0.15, 0.2) is 12.2 Å². The summed E-state index contributed by atoms with van der Waals surface area (Å²) < 4.78 is 16.7. The Morgan fingerprint density at radius 1 is 1.31 bits per heavy atom. The van der Waals surface area contributed by atoms with Gasteiger partial charge in [0, 0.05) is 13.5 Å². The van der Waals surface area contributed by atoms with Crippen LogP contribution >= 0.6 is 0 Å². The van der Waals surface area contributed by atoms with E-state index in [9.17, 15) is 0 Å². The standard InChI is InChI=1S/C10H16O3/c1-10(2)12-8-5-4-7(11-3)6-9(8)13-10/h4-5,7-9H,6H2,1-3H3/t7-,8-,9-/m0/s1. The number of hydrogen-bond acceptors (Lipinski definition) is 3. The summed E-state index contributed by atoms with van der Waals surface area (Å²) in [6, 6.07) is 0. The zero-order valence-electron chi connectivity index (χ0n) is 8.32. The Morgan fingerprint density at radius 2 is 2.08 bits per heavy atom. The number of fused-ring (bicyclic) bond motifs is 1. The summed E-state index contributed by atoms with van der Waals surface area (Å²) in [7, 11) is 1.72. The molecule has 0 bridgehead atoms. The van der Waals surface area contributed by atoms with Gasteiger partial charge in [0.25, 0.3) is 0 Å². The average Bonchev–Trinajstić information content (AvgIpc) is 2.36. The van der Waals surface area contributed by atoms with Crippen molar-refractivity contribution in [2.75, 3.05) is 7.11 Å². The second-order valence-corrected chi connectivity index (χ2v) is 4.03. The highest BCUT2D eigenvalue weighted by Gasteiger charge is 2.42. The summed E-state index contributed by atoms with van der Waals surface area (Å²) in [5, 5.41) is 0. The van der Waals surface area contributed by atoms with E-state index < -0.39 is 5.79 Å². The molecule has 0 amide bonds. The Labute approximate surface area is 78.7 Å². The Balaban J connectivity index is 2.07. The van der Waals surface area contributed by atoms with E-state index in [-0.39, 0.29) is 18.3 Å². The van der Waals surface area contributed by atoms with E-state index >= 15 is 0 Å². The lowest BCUT2D eigenvalue weighted by Gasteiger charge is -2.23. The topological polar surface area (TPSA) is 27.7 Å². The molecule has 1 fully saturated rings. The molecule has 0 aromatic heterocycles. The van der Waals surface area contributed by atoms with E-state index in [0.29, 0.717) is 0 Å². The average molecular weight is 184 g/mol. The van der Waals surface area contributed by atoms with Crippen molar-refractivity contribution in [2.45, 2.75) is 44.4 Å². The monoisotopic (exact) mass is 184 g/mol. The van der Waals surface area contributed by atoms with E-state index in [1.807, 2.05) is 26.0 Å². The van der Waals surface area contributed by atoms with Gasteiger partial charge in [-0.3, -0.25) is 0 Å². The fourth-order valence-electron chi connectivity index (χ4n) is 1.92. The predicted octanol–water partition coefficient (Wildman–Crippen LogP) is 1.48. The summed E-state index contributed by atoms with van der Waals surface area (Å²) >= 11 is 0. The summed E-state index contributed by atoms with van der Waals surface area (Å²) in [5.74, 6) is -0.442. The Morgan fingerprint density at radius 3 is 2.77 bits per heavy atom. The van der Waals surface area contributed by atoms with Gasteiger partial charge in [0.05, 0.1) is 12.2 Å². The number of methoxy groups -OCH3 is 1. The lowest BCUT2D eigenvalue weighted by Crippen LogP contribution is -2.30. The summed E-state index contributed by atoms with van der Waals surface area (Å²) in [4.78, 5) is 0. The molecule has 0 radical (unpaired) electrons. The maximum absolute atomic E-state index is 5.73. The van der Waals surface area contributed by atoms with Gasteiger partial charge in [0.1, 0.15) is 6.10 Å². The predicted molar refractivity (Wildman–Crippen MR) is 48.4 cm³/mol. The molecule has 0 N–H and O–H groups in total. The molecule has 0 saturated carbocycles. The van der Waals surface area contributed by atoms with E-state index in [1.54, 1.807) is 7.11 Å². The number of hydrogen-bond donors (Lipinski definition) is 0. The maximum atomic E-state index is 5.73. The van der Waals surface area contributed by atoms with E-state index in [1.165, 1.54) is 0 Å². The SMILES string of the molecule is CO[C@H]1C=C[C@@H]2OC(C)(C)O[C@H]2C1. The van der Waals surface area contributed by atoms with E-state index in [4.69, 9.17) is 14.2 Å². The van der Waals surface area contributed by atoms with Crippen LogP contribution in [-0.2, 0) is 14.2 Å². The second kappa shape index (κ2) is 3.08. The quantitative estimate of drug-likeness (QED) is 0.578. The molecule has 1 aliphatic carbocycles. The molecule has 0 aromatic carbocycles. The maximum Gasteiger partial charge on any atom is 0.164 e. The highest BCUT2D eigenvalue weighted by Crippen LogP contribution is 2.34. The molecule has 0 aromatic rings. The first-order valence-electron chi connectivity index (χ1n) is 4.67. The number of rotatable bonds is 1. The molecule has 2 rings (SSSR count). The zero-order valence-corrected chi connectivity index (χ0v) is 8.32. The summed E-state index contributed by atoms with van der Waals surface area (Å²) in [6.07, 6.45) is 5.43. The zero-order chi connectivity index (χ0) is 9.47. The lowest BCUT2D eigenvalue weighted by atomic mass is 10.00. The van der Waals surface area contributed by atoms with E-state index in [2.05, 4.69) is 0 Å². The van der Waals surface area contributed by atoms with Crippen LogP contribution in [0.25, 0.3) is 0 Å². The fourth-order valence-corrected chi connectivity index (χ4v) is 1.92. The van der Waals surface area contributed by atoms with Crippen LogP contribution in [0, 0.1) is 0 Å². The molecule has 1 heterocycles. The van der Waals surface area contributed by atoms with Crippen molar-refractivity contribution in [3.63, 3.8) is 0 Å². The third-order valence-electron chi connectivity index (χ3n) is 2.50. The molecule has 3 atom stereocenters. The van der Waals surface area contributed by atoms with Gasteiger partial charge in [-0.05, 0) is 13.8 Å². The summed E-state index contributed by atoms with van der Waals surface area (Å²) in [5.41, 5.74) is 0. The third kappa shape index (κ3) is 1.77. The van der Waals surface area contributed by atoms with Gasteiger partial charge in [-0.25, -0.2) is 0 Å². The van der Waals surface area contributed by atoms with Crippen molar-refractivity contribution >= 4 is 0 Å². The van der Waals surface area contributed by atoms with Crippen LogP contribution in [0.1, 0.15) is 20.3 Å². The Bertz CT molecular complexity index is 222. The first-order valence-corrected chi connectivity index (χ1v) is 4.67. The fraction of sp³-hybridized carbons (Fsp3) is 0.800. The van der Waals surface area contributed by atoms with Crippen LogP contribution in [0.2, 0.25) is 0 Å². The molecule has 3 heteroatoms. The Hall–Kier alpha value is -0.380. The van der Waals surface area contributed by atoms with Gasteiger partial charge in [0.2, 0.25) is 0 Å². The highest BCUT2D eigenvalue weighted by molar-refractivity contribution is 5.07. The molecule has 13 heavy (non-hydrogen) atoms. The van der Waals surface area contributed by atoms with Gasteiger partial charge in [-0.2, -0.15) is 0 Å². The molecule has 74 valence electrons. The van der Waals surface area contributed by atoms with Gasteiger partial charge in [-0.1, -0.05) is 12.2 Å².